The highest BCUT2D eigenvalue weighted by molar-refractivity contribution is 8.00. The summed E-state index contributed by atoms with van der Waals surface area (Å²) in [6, 6.07) is 23.9. The smallest absolute Gasteiger partial charge is 0.269 e. The topological polar surface area (TPSA) is 145 Å². The van der Waals surface area contributed by atoms with Crippen LogP contribution in [0.1, 0.15) is 44.1 Å². The molecule has 3 aromatic carbocycles. The molecule has 0 fully saturated rings. The summed E-state index contributed by atoms with van der Waals surface area (Å²) in [6.07, 6.45) is 0.555. The molecule has 0 radical (unpaired) electrons. The minimum atomic E-state index is -0.679. The fourth-order valence-corrected chi connectivity index (χ4v) is 6.98. The molecule has 12 heteroatoms. The zero-order valence-corrected chi connectivity index (χ0v) is 24.5. The van der Waals surface area contributed by atoms with E-state index < -0.39 is 16.1 Å². The highest BCUT2D eigenvalue weighted by Gasteiger charge is 2.29. The van der Waals surface area contributed by atoms with Gasteiger partial charge in [0.2, 0.25) is 11.8 Å². The Morgan fingerprint density at radius 3 is 2.47 bits per heavy atom. The Balaban J connectivity index is 1.36. The van der Waals surface area contributed by atoms with E-state index in [1.807, 2.05) is 36.4 Å². The molecule has 5 rings (SSSR count). The van der Waals surface area contributed by atoms with Gasteiger partial charge in [-0.05, 0) is 47.9 Å². The number of thiophene rings is 1. The van der Waals surface area contributed by atoms with Crippen LogP contribution in [0.15, 0.2) is 83.8 Å². The van der Waals surface area contributed by atoms with Crippen molar-refractivity contribution in [1.82, 2.24) is 4.90 Å². The number of anilines is 2. The van der Waals surface area contributed by atoms with Crippen molar-refractivity contribution in [2.24, 2.45) is 0 Å². The maximum atomic E-state index is 13.8. The normalized spacial score (nSPS) is 12.9. The highest BCUT2D eigenvalue weighted by atomic mass is 32.2. The Morgan fingerprint density at radius 1 is 1.05 bits per heavy atom. The predicted octanol–water partition coefficient (Wildman–Crippen LogP) is 6.16. The maximum Gasteiger partial charge on any atom is 0.269 e. The summed E-state index contributed by atoms with van der Waals surface area (Å²) >= 11 is 2.62. The Bertz CT molecular complexity index is 1750. The third kappa shape index (κ3) is 6.74. The van der Waals surface area contributed by atoms with Gasteiger partial charge >= 0.3 is 0 Å². The zero-order valence-electron chi connectivity index (χ0n) is 22.9. The molecular weight excluding hydrogens is 587 g/mol. The molecule has 1 atom stereocenters. The van der Waals surface area contributed by atoms with Crippen LogP contribution in [0.25, 0.3) is 0 Å². The van der Waals surface area contributed by atoms with E-state index in [0.717, 1.165) is 16.0 Å². The summed E-state index contributed by atoms with van der Waals surface area (Å²) < 4.78 is 0. The second-order valence-corrected chi connectivity index (χ2v) is 12.0. The van der Waals surface area contributed by atoms with E-state index in [1.165, 1.54) is 54.3 Å². The number of rotatable bonds is 8. The van der Waals surface area contributed by atoms with E-state index in [0.29, 0.717) is 40.7 Å². The van der Waals surface area contributed by atoms with Gasteiger partial charge in [-0.1, -0.05) is 36.4 Å². The lowest BCUT2D eigenvalue weighted by atomic mass is 10.0. The van der Waals surface area contributed by atoms with Gasteiger partial charge in [-0.25, -0.2) is 0 Å². The Kier molecular flexibility index (Phi) is 8.85. The van der Waals surface area contributed by atoms with Crippen molar-refractivity contribution in [3.63, 3.8) is 0 Å². The van der Waals surface area contributed by atoms with Gasteiger partial charge in [0.1, 0.15) is 16.3 Å². The van der Waals surface area contributed by atoms with Crippen LogP contribution in [0, 0.1) is 21.4 Å². The van der Waals surface area contributed by atoms with E-state index in [9.17, 15) is 29.8 Å². The van der Waals surface area contributed by atoms with Crippen LogP contribution in [-0.4, -0.2) is 34.1 Å². The maximum absolute atomic E-state index is 13.8. The number of nitrogens with zero attached hydrogens (tertiary/aromatic N) is 3. The van der Waals surface area contributed by atoms with Crippen LogP contribution in [0.2, 0.25) is 0 Å². The molecular formula is C31H25N5O5S2. The van der Waals surface area contributed by atoms with Crippen molar-refractivity contribution >= 4 is 57.2 Å². The molecule has 2 N–H and O–H groups in total. The van der Waals surface area contributed by atoms with Crippen molar-refractivity contribution in [2.75, 3.05) is 17.2 Å². The minimum absolute atomic E-state index is 0.0325. The largest absolute Gasteiger partial charge is 0.337 e. The SMILES string of the molecule is CC(=O)N1CCc2c(sc(NC(=O)C(Sc3cccc(NC(=O)c4ccc([N+](=O)[O-])cc4)c3)c3ccccc3)c2C#N)C1. The first-order valence-electron chi connectivity index (χ1n) is 13.2. The van der Waals surface area contributed by atoms with E-state index >= 15 is 0 Å². The van der Waals surface area contributed by atoms with E-state index in [4.69, 9.17) is 0 Å². The molecule has 0 aliphatic carbocycles. The standard InChI is InChI=1S/C31H25N5O5S2/c1-19(37)35-15-14-25-26(17-32)31(43-27(25)18-35)34-30(39)28(20-6-3-2-4-7-20)42-24-9-5-8-22(16-24)33-29(38)21-10-12-23(13-11-21)36(40)41/h2-13,16,28H,14-15,18H2,1H3,(H,33,38)(H,34,39). The molecule has 4 aromatic rings. The van der Waals surface area contributed by atoms with Gasteiger partial charge in [0.05, 0.1) is 17.0 Å². The van der Waals surface area contributed by atoms with Crippen molar-refractivity contribution < 1.29 is 19.3 Å². The number of hydrogen-bond donors (Lipinski definition) is 2. The summed E-state index contributed by atoms with van der Waals surface area (Å²) in [4.78, 5) is 52.2. The molecule has 2 heterocycles. The molecule has 43 heavy (non-hydrogen) atoms. The van der Waals surface area contributed by atoms with Gasteiger partial charge in [-0.2, -0.15) is 5.26 Å². The quantitative estimate of drug-likeness (QED) is 0.138. The predicted molar refractivity (Wildman–Crippen MR) is 165 cm³/mol. The Morgan fingerprint density at radius 2 is 1.79 bits per heavy atom. The molecule has 0 saturated heterocycles. The molecule has 216 valence electrons. The first-order valence-corrected chi connectivity index (χ1v) is 14.9. The van der Waals surface area contributed by atoms with Crippen molar-refractivity contribution in [3.05, 3.63) is 116 Å². The second kappa shape index (κ2) is 12.9. The number of fused-ring (bicyclic) bond motifs is 1. The molecule has 0 spiro atoms. The number of nitrogens with one attached hydrogen (secondary N) is 2. The molecule has 3 amide bonds. The van der Waals surface area contributed by atoms with Crippen molar-refractivity contribution in [3.8, 4) is 6.07 Å². The van der Waals surface area contributed by atoms with Gasteiger partial charge in [0.25, 0.3) is 11.6 Å². The lowest BCUT2D eigenvalue weighted by molar-refractivity contribution is -0.384. The first-order chi connectivity index (χ1) is 20.7. The van der Waals surface area contributed by atoms with Gasteiger partial charge < -0.3 is 15.5 Å². The van der Waals surface area contributed by atoms with Crippen LogP contribution in [0.3, 0.4) is 0 Å². The Labute approximate surface area is 255 Å². The molecule has 0 bridgehead atoms. The monoisotopic (exact) mass is 611 g/mol. The number of nitro benzene ring substituents is 1. The second-order valence-electron chi connectivity index (χ2n) is 9.69. The van der Waals surface area contributed by atoms with Crippen molar-refractivity contribution in [1.29, 1.82) is 5.26 Å². The molecule has 10 nitrogen and oxygen atoms in total. The summed E-state index contributed by atoms with van der Waals surface area (Å²) in [7, 11) is 0. The number of nitriles is 1. The number of benzene rings is 3. The van der Waals surface area contributed by atoms with Gasteiger partial charge in [-0.15, -0.1) is 23.1 Å². The average molecular weight is 612 g/mol. The van der Waals surface area contributed by atoms with Crippen LogP contribution in [-0.2, 0) is 22.6 Å². The number of nitro groups is 1. The van der Waals surface area contributed by atoms with Crippen LogP contribution >= 0.6 is 23.1 Å². The van der Waals surface area contributed by atoms with Crippen LogP contribution < -0.4 is 10.6 Å². The first kappa shape index (κ1) is 29.5. The number of carbonyl (C=O) groups excluding carboxylic acids is 3. The number of amides is 3. The third-order valence-electron chi connectivity index (χ3n) is 6.88. The third-order valence-corrected chi connectivity index (χ3v) is 9.26. The molecule has 0 saturated carbocycles. The lowest BCUT2D eigenvalue weighted by Crippen LogP contribution is -2.33. The summed E-state index contributed by atoms with van der Waals surface area (Å²) in [5.74, 6) is -0.770. The van der Waals surface area contributed by atoms with Crippen LogP contribution in [0.4, 0.5) is 16.4 Å². The Hall–Kier alpha value is -4.99. The molecule has 1 aliphatic heterocycles. The van der Waals surface area contributed by atoms with Gasteiger partial charge in [-0.3, -0.25) is 24.5 Å². The zero-order chi connectivity index (χ0) is 30.5. The molecule has 1 aromatic heterocycles. The minimum Gasteiger partial charge on any atom is -0.337 e. The fraction of sp³-hybridized carbons (Fsp3) is 0.161. The van der Waals surface area contributed by atoms with Gasteiger partial charge in [0, 0.05) is 46.6 Å². The highest BCUT2D eigenvalue weighted by Crippen LogP contribution is 2.40. The van der Waals surface area contributed by atoms with Crippen LogP contribution in [0.5, 0.6) is 0 Å². The molecule has 1 unspecified atom stereocenters. The van der Waals surface area contributed by atoms with E-state index in [1.54, 1.807) is 23.1 Å². The average Bonchev–Trinajstić information content (AvgIpc) is 3.36. The number of non-ortho nitro benzene ring substituents is 1. The summed E-state index contributed by atoms with van der Waals surface area (Å²) in [5, 5.41) is 26.4. The van der Waals surface area contributed by atoms with E-state index in [-0.39, 0.29) is 23.1 Å². The molecule has 1 aliphatic rings. The number of hydrogen-bond acceptors (Lipinski definition) is 8. The fourth-order valence-electron chi connectivity index (χ4n) is 4.68. The van der Waals surface area contributed by atoms with Gasteiger partial charge in [0.15, 0.2) is 0 Å². The number of carbonyl (C=O) groups is 3. The summed E-state index contributed by atoms with van der Waals surface area (Å²) in [5.41, 5.74) is 2.72. The van der Waals surface area contributed by atoms with Crippen molar-refractivity contribution in [2.45, 2.75) is 30.0 Å². The summed E-state index contributed by atoms with van der Waals surface area (Å²) in [6.45, 7) is 2.46. The lowest BCUT2D eigenvalue weighted by Gasteiger charge is -2.25. The number of thioether (sulfide) groups is 1. The van der Waals surface area contributed by atoms with E-state index in [2.05, 4.69) is 16.7 Å².